The first kappa shape index (κ1) is 23.9. The molecule has 2 atom stereocenters. The van der Waals surface area contributed by atoms with E-state index in [1.165, 1.54) is 12.8 Å². The van der Waals surface area contributed by atoms with Crippen LogP contribution in [-0.2, 0) is 17.8 Å². The summed E-state index contributed by atoms with van der Waals surface area (Å²) in [5, 5.41) is 13.9. The van der Waals surface area contributed by atoms with Crippen molar-refractivity contribution in [1.82, 2.24) is 30.1 Å². The molecule has 1 aliphatic heterocycles. The second kappa shape index (κ2) is 10.5. The molecule has 9 nitrogen and oxygen atoms in total. The summed E-state index contributed by atoms with van der Waals surface area (Å²) in [6.07, 6.45) is 6.93. The number of hydrogen-bond donors (Lipinski definition) is 1. The third-order valence-electron chi connectivity index (χ3n) is 7.49. The van der Waals surface area contributed by atoms with Crippen molar-refractivity contribution >= 4 is 10.9 Å². The van der Waals surface area contributed by atoms with Crippen LogP contribution in [0.1, 0.15) is 69.8 Å². The molecule has 0 spiro atoms. The average Bonchev–Trinajstić information content (AvgIpc) is 3.63. The van der Waals surface area contributed by atoms with Crippen molar-refractivity contribution in [3.63, 3.8) is 0 Å². The Bertz CT molecular complexity index is 1190. The van der Waals surface area contributed by atoms with E-state index in [2.05, 4.69) is 39.3 Å². The van der Waals surface area contributed by atoms with Crippen molar-refractivity contribution < 1.29 is 9.47 Å². The maximum atomic E-state index is 13.1. The molecular formula is C26H36N6O3. The molecule has 3 aromatic rings. The highest BCUT2D eigenvalue weighted by Gasteiger charge is 2.36. The van der Waals surface area contributed by atoms with Gasteiger partial charge in [0.05, 0.1) is 25.8 Å². The molecule has 1 aliphatic carbocycles. The number of hydrogen-bond acceptors (Lipinski definition) is 7. The topological polar surface area (TPSA) is 98.2 Å². The van der Waals surface area contributed by atoms with E-state index < -0.39 is 0 Å². The summed E-state index contributed by atoms with van der Waals surface area (Å²) >= 11 is 0. The Hall–Kier alpha value is -2.78. The zero-order valence-corrected chi connectivity index (χ0v) is 20.9. The number of pyridine rings is 1. The highest BCUT2D eigenvalue weighted by Crippen LogP contribution is 2.36. The first-order valence-corrected chi connectivity index (χ1v) is 12.9. The monoisotopic (exact) mass is 480 g/mol. The number of methoxy groups -OCH3 is 1. The van der Waals surface area contributed by atoms with Gasteiger partial charge in [-0.15, -0.1) is 5.10 Å². The number of aromatic nitrogens is 5. The standard InChI is InChI=1S/C26H36N6O3/c1-17(2)24(25-28-29-30-32(25)16-22-9-6-12-35-22)31(20-7-4-5-8-20)15-19-13-18-14-21(34-3)10-11-23(18)27-26(19)33/h10-11,13-14,17,20,22,24H,4-9,12,15-16H2,1-3H3,(H,27,33)/t22-,24+/m0/s1. The molecule has 9 heteroatoms. The van der Waals surface area contributed by atoms with E-state index in [-0.39, 0.29) is 23.6 Å². The molecule has 1 aromatic carbocycles. The molecule has 0 unspecified atom stereocenters. The lowest BCUT2D eigenvalue weighted by Gasteiger charge is -2.38. The zero-order valence-electron chi connectivity index (χ0n) is 20.9. The van der Waals surface area contributed by atoms with Crippen molar-refractivity contribution in [3.8, 4) is 5.75 Å². The van der Waals surface area contributed by atoms with Gasteiger partial charge in [0, 0.05) is 35.7 Å². The number of ether oxygens (including phenoxy) is 2. The van der Waals surface area contributed by atoms with Gasteiger partial charge in [-0.05, 0) is 66.3 Å². The van der Waals surface area contributed by atoms with E-state index in [0.717, 1.165) is 60.3 Å². The highest BCUT2D eigenvalue weighted by molar-refractivity contribution is 5.80. The Kier molecular flexibility index (Phi) is 7.15. The fourth-order valence-corrected chi connectivity index (χ4v) is 5.73. The van der Waals surface area contributed by atoms with Gasteiger partial charge in [-0.25, -0.2) is 4.68 Å². The van der Waals surface area contributed by atoms with Crippen LogP contribution >= 0.6 is 0 Å². The second-order valence-corrected chi connectivity index (χ2v) is 10.2. The predicted octanol–water partition coefficient (Wildman–Crippen LogP) is 3.84. The van der Waals surface area contributed by atoms with Crippen molar-refractivity contribution in [3.05, 3.63) is 46.0 Å². The van der Waals surface area contributed by atoms with Crippen LogP contribution in [0.3, 0.4) is 0 Å². The molecule has 2 fully saturated rings. The van der Waals surface area contributed by atoms with E-state index in [4.69, 9.17) is 9.47 Å². The molecule has 0 bridgehead atoms. The van der Waals surface area contributed by atoms with Crippen LogP contribution in [0.4, 0.5) is 0 Å². The summed E-state index contributed by atoms with van der Waals surface area (Å²) < 4.78 is 13.2. The molecule has 1 saturated heterocycles. The second-order valence-electron chi connectivity index (χ2n) is 10.2. The lowest BCUT2D eigenvalue weighted by molar-refractivity contribution is 0.0718. The molecule has 0 amide bonds. The molecule has 1 N–H and O–H groups in total. The van der Waals surface area contributed by atoms with E-state index in [1.807, 2.05) is 28.9 Å². The van der Waals surface area contributed by atoms with Crippen LogP contribution in [0, 0.1) is 5.92 Å². The Morgan fingerprint density at radius 1 is 1.20 bits per heavy atom. The van der Waals surface area contributed by atoms with Gasteiger partial charge in [-0.3, -0.25) is 9.69 Å². The minimum Gasteiger partial charge on any atom is -0.497 e. The molecule has 5 rings (SSSR count). The number of rotatable bonds is 9. The Balaban J connectivity index is 1.51. The Labute approximate surface area is 205 Å². The van der Waals surface area contributed by atoms with Crippen molar-refractivity contribution in [2.24, 2.45) is 5.92 Å². The van der Waals surface area contributed by atoms with Gasteiger partial charge >= 0.3 is 0 Å². The summed E-state index contributed by atoms with van der Waals surface area (Å²) in [5.74, 6) is 1.90. The number of nitrogens with one attached hydrogen (secondary N) is 1. The first-order chi connectivity index (χ1) is 17.0. The van der Waals surface area contributed by atoms with Gasteiger partial charge in [-0.1, -0.05) is 26.7 Å². The van der Waals surface area contributed by atoms with E-state index in [0.29, 0.717) is 19.1 Å². The summed E-state index contributed by atoms with van der Waals surface area (Å²) in [6.45, 7) is 6.45. The van der Waals surface area contributed by atoms with Crippen LogP contribution in [-0.4, -0.2) is 56.0 Å². The Morgan fingerprint density at radius 2 is 2.03 bits per heavy atom. The highest BCUT2D eigenvalue weighted by atomic mass is 16.5. The van der Waals surface area contributed by atoms with Gasteiger partial charge < -0.3 is 14.5 Å². The van der Waals surface area contributed by atoms with Gasteiger partial charge in [0.25, 0.3) is 5.56 Å². The maximum absolute atomic E-state index is 13.1. The van der Waals surface area contributed by atoms with E-state index in [1.54, 1.807) is 7.11 Å². The molecule has 3 heterocycles. The van der Waals surface area contributed by atoms with Crippen LogP contribution in [0.15, 0.2) is 29.1 Å². The molecule has 2 aromatic heterocycles. The molecular weight excluding hydrogens is 444 g/mol. The molecule has 0 radical (unpaired) electrons. The number of fused-ring (bicyclic) bond motifs is 1. The minimum atomic E-state index is -0.0490. The molecule has 1 saturated carbocycles. The number of H-pyrrole nitrogens is 1. The normalized spacial score (nSPS) is 19.9. The van der Waals surface area contributed by atoms with Crippen molar-refractivity contribution in [2.75, 3.05) is 13.7 Å². The summed E-state index contributed by atoms with van der Waals surface area (Å²) in [5.41, 5.74) is 1.52. The first-order valence-electron chi connectivity index (χ1n) is 12.9. The van der Waals surface area contributed by atoms with Gasteiger partial charge in [0.1, 0.15) is 5.75 Å². The number of tetrazole rings is 1. The summed E-state index contributed by atoms with van der Waals surface area (Å²) in [6, 6.07) is 8.11. The van der Waals surface area contributed by atoms with E-state index in [9.17, 15) is 4.79 Å². The van der Waals surface area contributed by atoms with Gasteiger partial charge in [-0.2, -0.15) is 0 Å². The van der Waals surface area contributed by atoms with Crippen LogP contribution in [0.5, 0.6) is 5.75 Å². The third kappa shape index (κ3) is 5.11. The van der Waals surface area contributed by atoms with Crippen molar-refractivity contribution in [1.29, 1.82) is 0 Å². The smallest absolute Gasteiger partial charge is 0.252 e. The largest absolute Gasteiger partial charge is 0.497 e. The Morgan fingerprint density at radius 3 is 2.74 bits per heavy atom. The fraction of sp³-hybridized carbons (Fsp3) is 0.615. The maximum Gasteiger partial charge on any atom is 0.252 e. The lowest BCUT2D eigenvalue weighted by Crippen LogP contribution is -2.41. The van der Waals surface area contributed by atoms with Crippen molar-refractivity contribution in [2.45, 2.75) is 83.6 Å². The predicted molar refractivity (Wildman–Crippen MR) is 133 cm³/mol. The molecule has 2 aliphatic rings. The van der Waals surface area contributed by atoms with E-state index >= 15 is 0 Å². The number of benzene rings is 1. The fourth-order valence-electron chi connectivity index (χ4n) is 5.73. The average molecular weight is 481 g/mol. The zero-order chi connectivity index (χ0) is 24.4. The number of aromatic amines is 1. The molecule has 35 heavy (non-hydrogen) atoms. The lowest BCUT2D eigenvalue weighted by atomic mass is 9.97. The van der Waals surface area contributed by atoms with Crippen LogP contribution in [0.25, 0.3) is 10.9 Å². The van der Waals surface area contributed by atoms with Crippen LogP contribution in [0.2, 0.25) is 0 Å². The minimum absolute atomic E-state index is 0.00471. The molecule has 188 valence electrons. The van der Waals surface area contributed by atoms with Gasteiger partial charge in [0.2, 0.25) is 0 Å². The van der Waals surface area contributed by atoms with Crippen LogP contribution < -0.4 is 10.3 Å². The summed E-state index contributed by atoms with van der Waals surface area (Å²) in [4.78, 5) is 18.7. The summed E-state index contributed by atoms with van der Waals surface area (Å²) in [7, 11) is 1.66. The number of nitrogens with zero attached hydrogens (tertiary/aromatic N) is 5. The quantitative estimate of drug-likeness (QED) is 0.497. The van der Waals surface area contributed by atoms with Gasteiger partial charge in [0.15, 0.2) is 5.82 Å². The SMILES string of the molecule is COc1ccc2[nH]c(=O)c(CN(C3CCCC3)[C@@H](c3nnnn3C[C@@H]3CCCO3)C(C)C)cc2c1. The third-order valence-corrected chi connectivity index (χ3v) is 7.49.